The van der Waals surface area contributed by atoms with E-state index in [1.54, 1.807) is 18.3 Å². The number of hydrogen-bond donors (Lipinski definition) is 1. The van der Waals surface area contributed by atoms with Gasteiger partial charge in [-0.1, -0.05) is 24.3 Å². The molecular formula is C16H15NOS. The summed E-state index contributed by atoms with van der Waals surface area (Å²) in [6.45, 7) is 1.65. The Morgan fingerprint density at radius 2 is 2.05 bits per heavy atom. The minimum absolute atomic E-state index is 0.238. The van der Waals surface area contributed by atoms with Crippen molar-refractivity contribution in [2.24, 2.45) is 0 Å². The Bertz CT molecular complexity index is 710. The van der Waals surface area contributed by atoms with Gasteiger partial charge in [-0.3, -0.25) is 0 Å². The molecule has 0 fully saturated rings. The topological polar surface area (TPSA) is 32.9 Å². The van der Waals surface area contributed by atoms with Gasteiger partial charge >= 0.3 is 0 Å². The molecule has 0 radical (unpaired) electrons. The first-order chi connectivity index (χ1) is 9.25. The first-order valence-corrected chi connectivity index (χ1v) is 7.26. The highest BCUT2D eigenvalue weighted by atomic mass is 32.1. The number of aromatic nitrogens is 1. The van der Waals surface area contributed by atoms with Crippen LogP contribution < -0.4 is 0 Å². The molecule has 1 N–H and O–H groups in total. The van der Waals surface area contributed by atoms with E-state index in [2.05, 4.69) is 34.6 Å². The summed E-state index contributed by atoms with van der Waals surface area (Å²) in [5.41, 5.74) is 3.56. The fraction of sp³-hybridized carbons (Fsp3) is 0.188. The number of fused-ring (bicyclic) bond motifs is 1. The Morgan fingerprint density at radius 1 is 1.21 bits per heavy atom. The summed E-state index contributed by atoms with van der Waals surface area (Å²) in [4.78, 5) is 16.0. The van der Waals surface area contributed by atoms with Gasteiger partial charge < -0.3 is 9.78 Å². The lowest BCUT2D eigenvalue weighted by Gasteiger charge is -2.01. The molecular weight excluding hydrogens is 254 g/mol. The average molecular weight is 269 g/mol. The third-order valence-corrected chi connectivity index (χ3v) is 4.20. The van der Waals surface area contributed by atoms with Crippen molar-refractivity contribution >= 4 is 28.0 Å². The highest BCUT2D eigenvalue weighted by Crippen LogP contribution is 2.33. The van der Waals surface area contributed by atoms with Crippen LogP contribution in [0.15, 0.2) is 41.8 Å². The Labute approximate surface area is 116 Å². The zero-order valence-electron chi connectivity index (χ0n) is 10.8. The molecule has 1 aromatic carbocycles. The van der Waals surface area contributed by atoms with E-state index in [1.807, 2.05) is 12.1 Å². The van der Waals surface area contributed by atoms with Gasteiger partial charge in [-0.15, -0.1) is 11.3 Å². The normalized spacial score (nSPS) is 11.0. The molecule has 0 saturated heterocycles. The van der Waals surface area contributed by atoms with Crippen LogP contribution in [0.2, 0.25) is 0 Å². The number of hydrogen-bond acceptors (Lipinski definition) is 2. The van der Waals surface area contributed by atoms with E-state index in [0.29, 0.717) is 6.42 Å². The average Bonchev–Trinajstić information content (AvgIpc) is 3.03. The van der Waals surface area contributed by atoms with Crippen LogP contribution in [0.1, 0.15) is 18.9 Å². The lowest BCUT2D eigenvalue weighted by atomic mass is 10.0. The van der Waals surface area contributed by atoms with Crippen LogP contribution in [-0.4, -0.2) is 10.8 Å². The Morgan fingerprint density at radius 3 is 2.79 bits per heavy atom. The molecule has 0 aliphatic rings. The quantitative estimate of drug-likeness (QED) is 0.747. The molecule has 0 atom stereocenters. The SMILES string of the molecule is CC(=O)CCc1c(-c2cccs2)[nH]c2ccccc12. The standard InChI is InChI=1S/C16H15NOS/c1-11(18)8-9-13-12-5-2-3-6-14(12)17-16(13)15-7-4-10-19-15/h2-7,10,17H,8-9H2,1H3. The third-order valence-electron chi connectivity index (χ3n) is 3.31. The van der Waals surface area contributed by atoms with Crippen molar-refractivity contribution in [1.29, 1.82) is 0 Å². The van der Waals surface area contributed by atoms with Crippen molar-refractivity contribution in [3.8, 4) is 10.6 Å². The molecule has 0 amide bonds. The summed E-state index contributed by atoms with van der Waals surface area (Å²) in [7, 11) is 0. The molecule has 96 valence electrons. The molecule has 3 aromatic rings. The molecule has 2 heterocycles. The minimum atomic E-state index is 0.238. The number of rotatable bonds is 4. The number of ketones is 1. The minimum Gasteiger partial charge on any atom is -0.354 e. The number of aryl methyl sites for hydroxylation is 1. The highest BCUT2D eigenvalue weighted by molar-refractivity contribution is 7.13. The Kier molecular flexibility index (Phi) is 3.22. The molecule has 0 saturated carbocycles. The first-order valence-electron chi connectivity index (χ1n) is 6.38. The van der Waals surface area contributed by atoms with Gasteiger partial charge in [0.05, 0.1) is 10.6 Å². The van der Waals surface area contributed by atoms with Gasteiger partial charge in [-0.2, -0.15) is 0 Å². The van der Waals surface area contributed by atoms with Crippen LogP contribution in [0, 0.1) is 0 Å². The van der Waals surface area contributed by atoms with Crippen LogP contribution in [0.3, 0.4) is 0 Å². The summed E-state index contributed by atoms with van der Waals surface area (Å²) in [6, 6.07) is 12.5. The molecule has 0 spiro atoms. The molecule has 2 aromatic heterocycles. The van der Waals surface area contributed by atoms with Gasteiger partial charge in [0.25, 0.3) is 0 Å². The fourth-order valence-electron chi connectivity index (χ4n) is 2.39. The van der Waals surface area contributed by atoms with Gasteiger partial charge in [-0.05, 0) is 36.4 Å². The zero-order valence-corrected chi connectivity index (χ0v) is 11.6. The number of H-pyrrole nitrogens is 1. The number of aromatic amines is 1. The van der Waals surface area contributed by atoms with Crippen molar-refractivity contribution in [1.82, 2.24) is 4.98 Å². The number of carbonyl (C=O) groups is 1. The summed E-state index contributed by atoms with van der Waals surface area (Å²) in [6.07, 6.45) is 1.40. The molecule has 0 aliphatic carbocycles. The van der Waals surface area contributed by atoms with Crippen LogP contribution in [0.4, 0.5) is 0 Å². The van der Waals surface area contributed by atoms with E-state index >= 15 is 0 Å². The van der Waals surface area contributed by atoms with Gasteiger partial charge in [-0.25, -0.2) is 0 Å². The van der Waals surface area contributed by atoms with E-state index in [-0.39, 0.29) is 5.78 Å². The maximum Gasteiger partial charge on any atom is 0.130 e. The maximum absolute atomic E-state index is 11.3. The van der Waals surface area contributed by atoms with Crippen LogP contribution in [0.25, 0.3) is 21.5 Å². The van der Waals surface area contributed by atoms with E-state index in [4.69, 9.17) is 0 Å². The monoisotopic (exact) mass is 269 g/mol. The Hall–Kier alpha value is -1.87. The zero-order chi connectivity index (χ0) is 13.2. The van der Waals surface area contributed by atoms with E-state index in [0.717, 1.165) is 17.6 Å². The van der Waals surface area contributed by atoms with Gasteiger partial charge in [0.2, 0.25) is 0 Å². The summed E-state index contributed by atoms with van der Waals surface area (Å²) < 4.78 is 0. The van der Waals surface area contributed by atoms with E-state index in [9.17, 15) is 4.79 Å². The number of thiophene rings is 1. The van der Waals surface area contributed by atoms with Crippen LogP contribution in [-0.2, 0) is 11.2 Å². The molecule has 19 heavy (non-hydrogen) atoms. The number of carbonyl (C=O) groups excluding carboxylic acids is 1. The number of nitrogens with one attached hydrogen (secondary N) is 1. The summed E-state index contributed by atoms with van der Waals surface area (Å²) in [5, 5.41) is 3.31. The lowest BCUT2D eigenvalue weighted by molar-refractivity contribution is -0.116. The highest BCUT2D eigenvalue weighted by Gasteiger charge is 2.13. The molecule has 2 nitrogen and oxygen atoms in total. The largest absolute Gasteiger partial charge is 0.354 e. The van der Waals surface area contributed by atoms with Crippen LogP contribution >= 0.6 is 11.3 Å². The van der Waals surface area contributed by atoms with E-state index < -0.39 is 0 Å². The van der Waals surface area contributed by atoms with Crippen molar-refractivity contribution in [2.75, 3.05) is 0 Å². The Balaban J connectivity index is 2.14. The van der Waals surface area contributed by atoms with E-state index in [1.165, 1.54) is 15.8 Å². The second-order valence-electron chi connectivity index (χ2n) is 4.70. The van der Waals surface area contributed by atoms with Crippen molar-refractivity contribution in [3.05, 3.63) is 47.3 Å². The molecule has 0 bridgehead atoms. The first kappa shape index (κ1) is 12.2. The van der Waals surface area contributed by atoms with Crippen molar-refractivity contribution in [3.63, 3.8) is 0 Å². The number of benzene rings is 1. The summed E-state index contributed by atoms with van der Waals surface area (Å²) in [5.74, 6) is 0.238. The van der Waals surface area contributed by atoms with Crippen LogP contribution in [0.5, 0.6) is 0 Å². The predicted octanol–water partition coefficient (Wildman–Crippen LogP) is 4.42. The predicted molar refractivity (Wildman–Crippen MR) is 80.6 cm³/mol. The van der Waals surface area contributed by atoms with Crippen molar-refractivity contribution < 1.29 is 4.79 Å². The second-order valence-corrected chi connectivity index (χ2v) is 5.65. The van der Waals surface area contributed by atoms with Gasteiger partial charge in [0.15, 0.2) is 0 Å². The number of para-hydroxylation sites is 1. The van der Waals surface area contributed by atoms with Crippen molar-refractivity contribution in [2.45, 2.75) is 19.8 Å². The third kappa shape index (κ3) is 2.34. The molecule has 0 aliphatic heterocycles. The second kappa shape index (κ2) is 5.02. The number of Topliss-reactive ketones (excluding diaryl/α,β-unsaturated/α-hetero) is 1. The van der Waals surface area contributed by atoms with Gasteiger partial charge in [0.1, 0.15) is 5.78 Å². The molecule has 3 heteroatoms. The lowest BCUT2D eigenvalue weighted by Crippen LogP contribution is -1.94. The molecule has 0 unspecified atom stereocenters. The molecule has 3 rings (SSSR count). The smallest absolute Gasteiger partial charge is 0.130 e. The fourth-order valence-corrected chi connectivity index (χ4v) is 3.14. The summed E-state index contributed by atoms with van der Waals surface area (Å²) >= 11 is 1.72. The van der Waals surface area contributed by atoms with Gasteiger partial charge in [0, 0.05) is 17.3 Å². The maximum atomic E-state index is 11.3.